The van der Waals surface area contributed by atoms with E-state index in [2.05, 4.69) is 38.3 Å². The molecule has 0 radical (unpaired) electrons. The molecule has 9 heteroatoms. The molecule has 0 atom stereocenters. The van der Waals surface area contributed by atoms with Crippen LogP contribution in [0, 0.1) is 0 Å². The van der Waals surface area contributed by atoms with Crippen molar-refractivity contribution in [3.05, 3.63) is 91.0 Å². The average Bonchev–Trinajstić information content (AvgIpc) is 3.39. The number of thiophene rings is 1. The van der Waals surface area contributed by atoms with Gasteiger partial charge in [-0.1, -0.05) is 63.6 Å². The van der Waals surface area contributed by atoms with E-state index in [9.17, 15) is 4.79 Å². The van der Waals surface area contributed by atoms with Gasteiger partial charge < -0.3 is 0 Å². The molecule has 5 rings (SSSR count). The maximum atomic E-state index is 13.2. The second-order valence-electron chi connectivity index (χ2n) is 6.69. The number of hydrogen-bond donors (Lipinski definition) is 0. The highest BCUT2D eigenvalue weighted by atomic mass is 79.9. The summed E-state index contributed by atoms with van der Waals surface area (Å²) in [6.07, 6.45) is 0. The third-order valence-electron chi connectivity index (χ3n) is 4.72. The fourth-order valence-electron chi connectivity index (χ4n) is 3.24. The number of rotatable bonds is 5. The molecule has 0 bridgehead atoms. The van der Waals surface area contributed by atoms with Gasteiger partial charge in [0.2, 0.25) is 5.78 Å². The lowest BCUT2D eigenvalue weighted by Crippen LogP contribution is -2.23. The Bertz CT molecular complexity index is 1410. The van der Waals surface area contributed by atoms with Crippen LogP contribution in [0.1, 0.15) is 11.1 Å². The molecule has 150 valence electrons. The summed E-state index contributed by atoms with van der Waals surface area (Å²) in [6.45, 7) is 0.406. The third-order valence-corrected chi connectivity index (χ3v) is 7.39. The molecule has 3 aromatic heterocycles. The van der Waals surface area contributed by atoms with Gasteiger partial charge in [-0.15, -0.1) is 21.5 Å². The van der Waals surface area contributed by atoms with Crippen LogP contribution in [0.15, 0.2) is 74.4 Å². The number of benzene rings is 2. The van der Waals surface area contributed by atoms with Crippen molar-refractivity contribution in [2.75, 3.05) is 0 Å². The molecule has 0 saturated heterocycles. The molecule has 0 N–H and O–H groups in total. The second kappa shape index (κ2) is 8.19. The zero-order valence-electron chi connectivity index (χ0n) is 15.5. The van der Waals surface area contributed by atoms with Crippen LogP contribution in [0.25, 0.3) is 16.0 Å². The number of hydrogen-bond acceptors (Lipinski definition) is 5. The average molecular weight is 518 g/mol. The van der Waals surface area contributed by atoms with Crippen molar-refractivity contribution < 1.29 is 0 Å². The van der Waals surface area contributed by atoms with E-state index in [-0.39, 0.29) is 5.56 Å². The van der Waals surface area contributed by atoms with E-state index in [0.29, 0.717) is 22.0 Å². The quantitative estimate of drug-likeness (QED) is 0.274. The minimum atomic E-state index is -0.0562. The maximum absolute atomic E-state index is 13.2. The van der Waals surface area contributed by atoms with E-state index in [0.717, 1.165) is 26.5 Å². The predicted octanol–water partition coefficient (Wildman–Crippen LogP) is 5.86. The van der Waals surface area contributed by atoms with Gasteiger partial charge >= 0.3 is 0 Å². The molecule has 0 aliphatic heterocycles. The van der Waals surface area contributed by atoms with Gasteiger partial charge in [-0.3, -0.25) is 13.8 Å². The molecule has 0 amide bonds. The largest absolute Gasteiger partial charge is 0.273 e. The van der Waals surface area contributed by atoms with Crippen LogP contribution in [0.3, 0.4) is 0 Å². The Morgan fingerprint density at radius 1 is 1.00 bits per heavy atom. The standard InChI is InChI=1S/C21H14BrClN4OS2/c22-15-5-1-14(2-6-15)12-30-21-25-24-20-26(11-13-3-7-16(23)8-4-13)19(28)18-17(27(20)21)9-10-29-18/h1-10H,11-12H2. The monoisotopic (exact) mass is 516 g/mol. The van der Waals surface area contributed by atoms with Crippen molar-refractivity contribution in [2.24, 2.45) is 0 Å². The molecule has 30 heavy (non-hydrogen) atoms. The van der Waals surface area contributed by atoms with Gasteiger partial charge in [0.1, 0.15) is 4.70 Å². The summed E-state index contributed by atoms with van der Waals surface area (Å²) in [5.74, 6) is 1.30. The molecule has 2 aromatic carbocycles. The molecule has 5 nitrogen and oxygen atoms in total. The summed E-state index contributed by atoms with van der Waals surface area (Å²) in [6, 6.07) is 17.7. The molecule has 0 saturated carbocycles. The first-order valence-corrected chi connectivity index (χ1v) is 12.1. The third kappa shape index (κ3) is 3.69. The van der Waals surface area contributed by atoms with Crippen molar-refractivity contribution in [1.29, 1.82) is 0 Å². The van der Waals surface area contributed by atoms with Crippen LogP contribution >= 0.6 is 50.6 Å². The highest BCUT2D eigenvalue weighted by Gasteiger charge is 2.18. The zero-order valence-corrected chi connectivity index (χ0v) is 19.4. The smallest absolute Gasteiger partial charge is 0.271 e. The van der Waals surface area contributed by atoms with Crippen LogP contribution in [-0.4, -0.2) is 19.2 Å². The molecule has 0 aliphatic carbocycles. The van der Waals surface area contributed by atoms with Crippen LogP contribution in [0.2, 0.25) is 5.02 Å². The number of fused-ring (bicyclic) bond motifs is 3. The van der Waals surface area contributed by atoms with Crippen molar-refractivity contribution in [3.63, 3.8) is 0 Å². The van der Waals surface area contributed by atoms with E-state index in [1.807, 2.05) is 52.2 Å². The first-order chi connectivity index (χ1) is 14.6. The fourth-order valence-corrected chi connectivity index (χ4v) is 5.35. The van der Waals surface area contributed by atoms with Gasteiger partial charge in [-0.05, 0) is 46.8 Å². The molecular weight excluding hydrogens is 504 g/mol. The van der Waals surface area contributed by atoms with E-state index >= 15 is 0 Å². The molecule has 5 aromatic rings. The Kier molecular flexibility index (Phi) is 5.41. The van der Waals surface area contributed by atoms with E-state index in [1.54, 1.807) is 16.3 Å². The summed E-state index contributed by atoms with van der Waals surface area (Å²) in [5, 5.41) is 12.1. The minimum absolute atomic E-state index is 0.0562. The van der Waals surface area contributed by atoms with Crippen molar-refractivity contribution in [2.45, 2.75) is 17.5 Å². The number of halogens is 2. The van der Waals surface area contributed by atoms with Crippen LogP contribution in [-0.2, 0) is 12.3 Å². The Hall–Kier alpha value is -2.13. The van der Waals surface area contributed by atoms with Gasteiger partial charge in [0.25, 0.3) is 5.56 Å². The fraction of sp³-hybridized carbons (Fsp3) is 0.0952. The Morgan fingerprint density at radius 2 is 1.73 bits per heavy atom. The summed E-state index contributed by atoms with van der Waals surface area (Å²) < 4.78 is 5.41. The van der Waals surface area contributed by atoms with Gasteiger partial charge in [0, 0.05) is 15.2 Å². The summed E-state index contributed by atoms with van der Waals surface area (Å²) in [7, 11) is 0. The van der Waals surface area contributed by atoms with E-state index in [4.69, 9.17) is 11.6 Å². The van der Waals surface area contributed by atoms with Crippen LogP contribution in [0.5, 0.6) is 0 Å². The summed E-state index contributed by atoms with van der Waals surface area (Å²) in [4.78, 5) is 13.2. The van der Waals surface area contributed by atoms with E-state index < -0.39 is 0 Å². The first kappa shape index (κ1) is 19.8. The number of nitrogens with zero attached hydrogens (tertiary/aromatic N) is 4. The highest BCUT2D eigenvalue weighted by Crippen LogP contribution is 2.27. The van der Waals surface area contributed by atoms with Gasteiger partial charge in [-0.2, -0.15) is 0 Å². The Labute approximate surface area is 193 Å². The van der Waals surface area contributed by atoms with Crippen molar-refractivity contribution in [3.8, 4) is 0 Å². The Balaban J connectivity index is 1.58. The Morgan fingerprint density at radius 3 is 2.50 bits per heavy atom. The lowest BCUT2D eigenvalue weighted by atomic mass is 10.2. The van der Waals surface area contributed by atoms with Gasteiger partial charge in [0.05, 0.1) is 12.1 Å². The molecule has 0 spiro atoms. The second-order valence-corrected chi connectivity index (χ2v) is 9.90. The SMILES string of the molecule is O=c1c2sccc2n2c(SCc3ccc(Br)cc3)nnc2n1Cc1ccc(Cl)cc1. The topological polar surface area (TPSA) is 52.2 Å². The summed E-state index contributed by atoms with van der Waals surface area (Å²) >= 11 is 12.5. The molecule has 0 fully saturated rings. The number of aromatic nitrogens is 4. The first-order valence-electron chi connectivity index (χ1n) is 9.07. The zero-order chi connectivity index (χ0) is 20.7. The molecule has 3 heterocycles. The van der Waals surface area contributed by atoms with Crippen molar-refractivity contribution in [1.82, 2.24) is 19.2 Å². The maximum Gasteiger partial charge on any atom is 0.273 e. The summed E-state index contributed by atoms with van der Waals surface area (Å²) in [5.41, 5.74) is 2.96. The van der Waals surface area contributed by atoms with E-state index in [1.165, 1.54) is 16.9 Å². The molecule has 0 unspecified atom stereocenters. The van der Waals surface area contributed by atoms with Gasteiger partial charge in [-0.25, -0.2) is 0 Å². The van der Waals surface area contributed by atoms with Crippen LogP contribution in [0.4, 0.5) is 0 Å². The lowest BCUT2D eigenvalue weighted by molar-refractivity contribution is 0.765. The molecular formula is C21H14BrClN4OS2. The highest BCUT2D eigenvalue weighted by molar-refractivity contribution is 9.10. The minimum Gasteiger partial charge on any atom is -0.271 e. The lowest BCUT2D eigenvalue weighted by Gasteiger charge is -2.09. The number of thioether (sulfide) groups is 1. The normalized spacial score (nSPS) is 11.5. The van der Waals surface area contributed by atoms with Crippen molar-refractivity contribution >= 4 is 66.6 Å². The van der Waals surface area contributed by atoms with Crippen LogP contribution < -0.4 is 5.56 Å². The van der Waals surface area contributed by atoms with Gasteiger partial charge in [0.15, 0.2) is 5.16 Å². The molecule has 0 aliphatic rings. The predicted molar refractivity (Wildman–Crippen MR) is 127 cm³/mol.